The second-order valence-corrected chi connectivity index (χ2v) is 7.14. The number of fused-ring (bicyclic) bond motifs is 1. The van der Waals surface area contributed by atoms with Gasteiger partial charge in [-0.05, 0) is 29.2 Å². The largest absolute Gasteiger partial charge is 0.343 e. The topological polar surface area (TPSA) is 55.0 Å². The first-order chi connectivity index (χ1) is 8.75. The fourth-order valence-electron chi connectivity index (χ4n) is 3.39. The van der Waals surface area contributed by atoms with Crippen LogP contribution in [0.1, 0.15) is 45.4 Å². The normalized spacial score (nSPS) is 19.9. The third kappa shape index (κ3) is 2.89. The van der Waals surface area contributed by atoms with Gasteiger partial charge in [-0.25, -0.2) is 9.97 Å². The van der Waals surface area contributed by atoms with Gasteiger partial charge in [0, 0.05) is 26.3 Å². The monoisotopic (exact) mass is 262 g/mol. The Hall–Kier alpha value is -1.16. The fraction of sp³-hybridized carbons (Fsp3) is 0.733. The second-order valence-electron chi connectivity index (χ2n) is 7.14. The average Bonchev–Trinajstić information content (AvgIpc) is 2.25. The van der Waals surface area contributed by atoms with Gasteiger partial charge in [0.25, 0.3) is 0 Å². The number of rotatable bonds is 3. The standard InChI is InChI=1S/C15H26N4/c1-14(2)8-12-11(15(3,4)10-14)9-17-13(18-12)19(5)7-6-16/h9H,6-8,10,16H2,1-5H3. The molecule has 0 saturated carbocycles. The van der Waals surface area contributed by atoms with Crippen molar-refractivity contribution in [2.75, 3.05) is 25.0 Å². The van der Waals surface area contributed by atoms with E-state index >= 15 is 0 Å². The van der Waals surface area contributed by atoms with Gasteiger partial charge < -0.3 is 10.6 Å². The van der Waals surface area contributed by atoms with Gasteiger partial charge in [-0.1, -0.05) is 27.7 Å². The van der Waals surface area contributed by atoms with E-state index in [0.717, 1.165) is 18.9 Å². The molecule has 106 valence electrons. The molecule has 0 aromatic carbocycles. The number of nitrogens with two attached hydrogens (primary N) is 1. The molecule has 0 fully saturated rings. The average molecular weight is 262 g/mol. The molecule has 1 heterocycles. The van der Waals surface area contributed by atoms with Crippen molar-refractivity contribution in [1.82, 2.24) is 9.97 Å². The summed E-state index contributed by atoms with van der Waals surface area (Å²) in [5.41, 5.74) is 8.55. The van der Waals surface area contributed by atoms with Crippen molar-refractivity contribution in [3.8, 4) is 0 Å². The molecule has 4 heteroatoms. The minimum Gasteiger partial charge on any atom is -0.343 e. The molecule has 1 aromatic rings. The first kappa shape index (κ1) is 14.3. The molecule has 19 heavy (non-hydrogen) atoms. The molecule has 0 unspecified atom stereocenters. The van der Waals surface area contributed by atoms with E-state index in [1.165, 1.54) is 17.7 Å². The molecule has 0 aliphatic heterocycles. The third-order valence-corrected chi connectivity index (χ3v) is 3.96. The Morgan fingerprint density at radius 2 is 2.00 bits per heavy atom. The van der Waals surface area contributed by atoms with E-state index in [9.17, 15) is 0 Å². The molecule has 2 N–H and O–H groups in total. The van der Waals surface area contributed by atoms with Crippen LogP contribution in [0.3, 0.4) is 0 Å². The smallest absolute Gasteiger partial charge is 0.225 e. The Kier molecular flexibility index (Phi) is 3.56. The third-order valence-electron chi connectivity index (χ3n) is 3.96. The summed E-state index contributed by atoms with van der Waals surface area (Å²) >= 11 is 0. The lowest BCUT2D eigenvalue weighted by molar-refractivity contribution is 0.227. The van der Waals surface area contributed by atoms with Gasteiger partial charge in [0.05, 0.1) is 5.69 Å². The van der Waals surface area contributed by atoms with Crippen LogP contribution >= 0.6 is 0 Å². The van der Waals surface area contributed by atoms with Crippen molar-refractivity contribution < 1.29 is 0 Å². The van der Waals surface area contributed by atoms with Crippen molar-refractivity contribution in [2.24, 2.45) is 11.1 Å². The first-order valence-corrected chi connectivity index (χ1v) is 7.03. The molecular formula is C15H26N4. The molecule has 1 aromatic heterocycles. The maximum atomic E-state index is 5.59. The van der Waals surface area contributed by atoms with Crippen LogP contribution in [0.15, 0.2) is 6.20 Å². The molecular weight excluding hydrogens is 236 g/mol. The number of hydrogen-bond acceptors (Lipinski definition) is 4. The molecule has 4 nitrogen and oxygen atoms in total. The molecule has 1 aliphatic carbocycles. The Morgan fingerprint density at radius 1 is 1.32 bits per heavy atom. The van der Waals surface area contributed by atoms with Crippen LogP contribution in [0.2, 0.25) is 0 Å². The van der Waals surface area contributed by atoms with Gasteiger partial charge in [-0.2, -0.15) is 0 Å². The minimum absolute atomic E-state index is 0.155. The number of anilines is 1. The quantitative estimate of drug-likeness (QED) is 0.906. The highest BCUT2D eigenvalue weighted by Gasteiger charge is 2.38. The van der Waals surface area contributed by atoms with Crippen molar-refractivity contribution in [2.45, 2.75) is 46.0 Å². The van der Waals surface area contributed by atoms with Crippen LogP contribution < -0.4 is 10.6 Å². The van der Waals surface area contributed by atoms with Gasteiger partial charge in [-0.15, -0.1) is 0 Å². The van der Waals surface area contributed by atoms with Crippen LogP contribution in [-0.2, 0) is 11.8 Å². The molecule has 1 aliphatic rings. The molecule has 0 amide bonds. The number of likely N-dealkylation sites (N-methyl/N-ethyl adjacent to an activating group) is 1. The molecule has 0 atom stereocenters. The summed E-state index contributed by atoms with van der Waals surface area (Å²) in [4.78, 5) is 11.3. The number of nitrogens with zero attached hydrogens (tertiary/aromatic N) is 3. The zero-order valence-electron chi connectivity index (χ0n) is 12.8. The molecule has 2 rings (SSSR count). The zero-order chi connectivity index (χ0) is 14.3. The van der Waals surface area contributed by atoms with Crippen molar-refractivity contribution >= 4 is 5.95 Å². The lowest BCUT2D eigenvalue weighted by atomic mass is 9.64. The van der Waals surface area contributed by atoms with Crippen LogP contribution in [0.25, 0.3) is 0 Å². The maximum absolute atomic E-state index is 5.59. The molecule has 0 saturated heterocycles. The highest BCUT2D eigenvalue weighted by molar-refractivity contribution is 5.37. The maximum Gasteiger partial charge on any atom is 0.225 e. The predicted octanol–water partition coefficient (Wildman–Crippen LogP) is 2.12. The summed E-state index contributed by atoms with van der Waals surface area (Å²) in [6.45, 7) is 10.6. The van der Waals surface area contributed by atoms with E-state index in [-0.39, 0.29) is 5.41 Å². The van der Waals surface area contributed by atoms with E-state index in [0.29, 0.717) is 12.0 Å². The zero-order valence-corrected chi connectivity index (χ0v) is 12.8. The summed E-state index contributed by atoms with van der Waals surface area (Å²) in [5.74, 6) is 0.790. The van der Waals surface area contributed by atoms with Crippen LogP contribution in [0.5, 0.6) is 0 Å². The Bertz CT molecular complexity index is 465. The number of aromatic nitrogens is 2. The van der Waals surface area contributed by atoms with Crippen LogP contribution in [-0.4, -0.2) is 30.1 Å². The fourth-order valence-corrected chi connectivity index (χ4v) is 3.39. The van der Waals surface area contributed by atoms with E-state index in [1.807, 2.05) is 18.1 Å². The molecule has 0 bridgehead atoms. The van der Waals surface area contributed by atoms with Crippen molar-refractivity contribution in [1.29, 1.82) is 0 Å². The van der Waals surface area contributed by atoms with Crippen LogP contribution in [0.4, 0.5) is 5.95 Å². The second kappa shape index (κ2) is 4.75. The van der Waals surface area contributed by atoms with E-state index < -0.39 is 0 Å². The van der Waals surface area contributed by atoms with Crippen molar-refractivity contribution in [3.05, 3.63) is 17.5 Å². The lowest BCUT2D eigenvalue weighted by Gasteiger charge is -2.41. The van der Waals surface area contributed by atoms with Gasteiger partial charge in [0.1, 0.15) is 0 Å². The summed E-state index contributed by atoms with van der Waals surface area (Å²) in [6.07, 6.45) is 4.21. The molecule has 0 radical (unpaired) electrons. The Labute approximate surface area is 116 Å². The Balaban J connectivity index is 2.39. The molecule has 0 spiro atoms. The van der Waals surface area contributed by atoms with Gasteiger partial charge in [0.15, 0.2) is 0 Å². The summed E-state index contributed by atoms with van der Waals surface area (Å²) in [6, 6.07) is 0. The Morgan fingerprint density at radius 3 is 2.63 bits per heavy atom. The predicted molar refractivity (Wildman–Crippen MR) is 79.5 cm³/mol. The van der Waals surface area contributed by atoms with Crippen molar-refractivity contribution in [3.63, 3.8) is 0 Å². The highest BCUT2D eigenvalue weighted by Crippen LogP contribution is 2.44. The number of hydrogen-bond donors (Lipinski definition) is 1. The van der Waals surface area contributed by atoms with E-state index in [2.05, 4.69) is 32.7 Å². The van der Waals surface area contributed by atoms with Gasteiger partial charge in [-0.3, -0.25) is 0 Å². The summed E-state index contributed by atoms with van der Waals surface area (Å²) in [7, 11) is 1.99. The van der Waals surface area contributed by atoms with E-state index in [4.69, 9.17) is 10.7 Å². The van der Waals surface area contributed by atoms with Crippen LogP contribution in [0, 0.1) is 5.41 Å². The highest BCUT2D eigenvalue weighted by atomic mass is 15.2. The van der Waals surface area contributed by atoms with Gasteiger partial charge >= 0.3 is 0 Å². The first-order valence-electron chi connectivity index (χ1n) is 7.03. The van der Waals surface area contributed by atoms with E-state index in [1.54, 1.807) is 0 Å². The van der Waals surface area contributed by atoms with Gasteiger partial charge in [0.2, 0.25) is 5.95 Å². The SMILES string of the molecule is CN(CCN)c1ncc2c(n1)CC(C)(C)CC2(C)C. The summed E-state index contributed by atoms with van der Waals surface area (Å²) < 4.78 is 0. The summed E-state index contributed by atoms with van der Waals surface area (Å²) in [5, 5.41) is 0. The minimum atomic E-state index is 0.155. The lowest BCUT2D eigenvalue weighted by Crippen LogP contribution is -2.36.